The Hall–Kier alpha value is -3.42. The molecular weight excluding hydrogens is 510 g/mol. The summed E-state index contributed by atoms with van der Waals surface area (Å²) in [4.78, 5) is 31.8. The van der Waals surface area contributed by atoms with Gasteiger partial charge in [-0.25, -0.2) is 14.6 Å². The summed E-state index contributed by atoms with van der Waals surface area (Å²) in [6.45, 7) is 5.68. The van der Waals surface area contributed by atoms with E-state index in [1.807, 2.05) is 24.5 Å². The SMILES string of the molecule is O=C(O)C(F)(F)F.O=C(O)C(F)(F)F.c1ccc(CN2CCC3(CC2)CCN(c2ccccn2)C3)nc1. The first kappa shape index (κ1) is 29.8. The lowest BCUT2D eigenvalue weighted by atomic mass is 9.78. The molecule has 1 spiro atoms. The second-order valence-electron chi connectivity index (χ2n) is 8.56. The van der Waals surface area contributed by atoms with Crippen molar-refractivity contribution in [2.24, 2.45) is 5.41 Å². The van der Waals surface area contributed by atoms with Gasteiger partial charge in [-0.1, -0.05) is 12.1 Å². The Balaban J connectivity index is 0.000000286. The number of likely N-dealkylation sites (tertiary alicyclic amines) is 1. The van der Waals surface area contributed by atoms with Gasteiger partial charge in [-0.2, -0.15) is 26.3 Å². The summed E-state index contributed by atoms with van der Waals surface area (Å²) in [5, 5.41) is 14.2. The summed E-state index contributed by atoms with van der Waals surface area (Å²) in [6, 6.07) is 12.4. The highest BCUT2D eigenvalue weighted by molar-refractivity contribution is 5.73. The summed E-state index contributed by atoms with van der Waals surface area (Å²) < 4.78 is 63.5. The van der Waals surface area contributed by atoms with Gasteiger partial charge >= 0.3 is 24.3 Å². The van der Waals surface area contributed by atoms with E-state index < -0.39 is 24.3 Å². The number of anilines is 1. The third-order valence-corrected chi connectivity index (χ3v) is 5.93. The molecule has 2 aromatic rings. The van der Waals surface area contributed by atoms with Crippen molar-refractivity contribution in [1.82, 2.24) is 14.9 Å². The van der Waals surface area contributed by atoms with Gasteiger partial charge in [0, 0.05) is 32.0 Å². The summed E-state index contributed by atoms with van der Waals surface area (Å²) >= 11 is 0. The van der Waals surface area contributed by atoms with Crippen molar-refractivity contribution in [3.05, 3.63) is 54.5 Å². The number of pyridine rings is 2. The normalized spacial score (nSPS) is 17.3. The molecule has 2 aliphatic heterocycles. The van der Waals surface area contributed by atoms with Gasteiger partial charge in [0.25, 0.3) is 0 Å². The van der Waals surface area contributed by atoms with Crippen molar-refractivity contribution in [2.75, 3.05) is 31.1 Å². The van der Waals surface area contributed by atoms with E-state index in [2.05, 4.69) is 44.0 Å². The fraction of sp³-hybridized carbons (Fsp3) is 0.478. The predicted molar refractivity (Wildman–Crippen MR) is 120 cm³/mol. The lowest BCUT2D eigenvalue weighted by molar-refractivity contribution is -0.193. The lowest BCUT2D eigenvalue weighted by Gasteiger charge is -2.39. The van der Waals surface area contributed by atoms with Gasteiger partial charge in [0.2, 0.25) is 0 Å². The van der Waals surface area contributed by atoms with Crippen LogP contribution < -0.4 is 4.90 Å². The van der Waals surface area contributed by atoms with Crippen molar-refractivity contribution in [3.8, 4) is 0 Å². The fourth-order valence-corrected chi connectivity index (χ4v) is 3.99. The number of hydrogen-bond acceptors (Lipinski definition) is 6. The van der Waals surface area contributed by atoms with Gasteiger partial charge in [-0.05, 0) is 62.0 Å². The van der Waals surface area contributed by atoms with Crippen molar-refractivity contribution in [3.63, 3.8) is 0 Å². The fourth-order valence-electron chi connectivity index (χ4n) is 3.99. The van der Waals surface area contributed by atoms with E-state index in [-0.39, 0.29) is 0 Å². The minimum atomic E-state index is -5.08. The van der Waals surface area contributed by atoms with E-state index in [1.54, 1.807) is 0 Å². The van der Waals surface area contributed by atoms with Gasteiger partial charge in [0.15, 0.2) is 0 Å². The summed E-state index contributed by atoms with van der Waals surface area (Å²) in [5.74, 6) is -4.37. The zero-order valence-electron chi connectivity index (χ0n) is 19.5. The van der Waals surface area contributed by atoms with Crippen LogP contribution in [0.3, 0.4) is 0 Å². The van der Waals surface area contributed by atoms with Crippen molar-refractivity contribution >= 4 is 17.8 Å². The topological polar surface area (TPSA) is 107 Å². The van der Waals surface area contributed by atoms with Crippen LogP contribution in [0.2, 0.25) is 0 Å². The first-order valence-electron chi connectivity index (χ1n) is 11.1. The Morgan fingerprint density at radius 3 is 1.73 bits per heavy atom. The lowest BCUT2D eigenvalue weighted by Crippen LogP contribution is -2.41. The summed E-state index contributed by atoms with van der Waals surface area (Å²) in [7, 11) is 0. The maximum atomic E-state index is 10.6. The maximum absolute atomic E-state index is 10.6. The molecule has 0 aliphatic carbocycles. The number of alkyl halides is 6. The smallest absolute Gasteiger partial charge is 0.475 e. The standard InChI is InChI=1S/C19H24N4.2C2HF3O2/c1-3-10-20-17(5-1)15-22-12-7-19(8-13-22)9-14-23(16-19)18-6-2-4-11-21-18;2*3-2(4,5)1(6)7/h1-6,10-11H,7-9,12-16H2;2*(H,6,7). The molecule has 37 heavy (non-hydrogen) atoms. The van der Waals surface area contributed by atoms with Gasteiger partial charge in [-0.15, -0.1) is 0 Å². The highest BCUT2D eigenvalue weighted by Gasteiger charge is 2.41. The Labute approximate surface area is 208 Å². The molecule has 2 aliphatic rings. The molecular formula is C23H26F6N4O4. The van der Waals surface area contributed by atoms with E-state index in [0.717, 1.165) is 18.9 Å². The molecule has 0 atom stereocenters. The van der Waals surface area contributed by atoms with Crippen molar-refractivity contribution < 1.29 is 46.1 Å². The molecule has 0 unspecified atom stereocenters. The van der Waals surface area contributed by atoms with Gasteiger partial charge in [-0.3, -0.25) is 9.88 Å². The Kier molecular flexibility index (Phi) is 10.2. The molecule has 8 nitrogen and oxygen atoms in total. The van der Waals surface area contributed by atoms with Crippen LogP contribution in [0.25, 0.3) is 0 Å². The van der Waals surface area contributed by atoms with Gasteiger partial charge < -0.3 is 15.1 Å². The molecule has 204 valence electrons. The molecule has 4 heterocycles. The zero-order valence-corrected chi connectivity index (χ0v) is 19.5. The minimum absolute atomic E-state index is 0.498. The number of rotatable bonds is 3. The first-order valence-corrected chi connectivity index (χ1v) is 11.1. The first-order chi connectivity index (χ1) is 17.2. The Morgan fingerprint density at radius 2 is 1.30 bits per heavy atom. The van der Waals surface area contributed by atoms with E-state index in [4.69, 9.17) is 19.8 Å². The molecule has 14 heteroatoms. The van der Waals surface area contributed by atoms with Gasteiger partial charge in [0.05, 0.1) is 5.69 Å². The molecule has 4 rings (SSSR count). The van der Waals surface area contributed by atoms with Crippen LogP contribution in [-0.4, -0.2) is 75.6 Å². The Bertz CT molecular complexity index is 974. The average Bonchev–Trinajstić information content (AvgIpc) is 3.25. The number of hydrogen-bond donors (Lipinski definition) is 2. The quantitative estimate of drug-likeness (QED) is 0.562. The number of carbonyl (C=O) groups is 2. The van der Waals surface area contributed by atoms with Crippen LogP contribution in [0.5, 0.6) is 0 Å². The number of carboxylic acid groups (broad SMARTS) is 2. The number of piperidine rings is 1. The number of aliphatic carboxylic acids is 2. The molecule has 2 saturated heterocycles. The van der Waals surface area contributed by atoms with Crippen LogP contribution in [0.4, 0.5) is 32.2 Å². The zero-order chi connectivity index (χ0) is 27.7. The largest absolute Gasteiger partial charge is 0.490 e. The van der Waals surface area contributed by atoms with Crippen LogP contribution >= 0.6 is 0 Å². The molecule has 0 radical (unpaired) electrons. The van der Waals surface area contributed by atoms with Crippen LogP contribution in [-0.2, 0) is 16.1 Å². The number of carboxylic acids is 2. The van der Waals surface area contributed by atoms with Crippen LogP contribution in [0.15, 0.2) is 48.8 Å². The van der Waals surface area contributed by atoms with E-state index in [9.17, 15) is 26.3 Å². The van der Waals surface area contributed by atoms with E-state index in [1.165, 1.54) is 44.6 Å². The highest BCUT2D eigenvalue weighted by Crippen LogP contribution is 2.41. The van der Waals surface area contributed by atoms with Gasteiger partial charge in [0.1, 0.15) is 5.82 Å². The third-order valence-electron chi connectivity index (χ3n) is 5.93. The maximum Gasteiger partial charge on any atom is 0.490 e. The van der Waals surface area contributed by atoms with Crippen molar-refractivity contribution in [1.29, 1.82) is 0 Å². The molecule has 0 amide bonds. The van der Waals surface area contributed by atoms with Crippen molar-refractivity contribution in [2.45, 2.75) is 38.2 Å². The minimum Gasteiger partial charge on any atom is -0.475 e. The summed E-state index contributed by atoms with van der Waals surface area (Å²) in [5.41, 5.74) is 1.68. The van der Waals surface area contributed by atoms with Crippen LogP contribution in [0, 0.1) is 5.41 Å². The molecule has 2 aromatic heterocycles. The van der Waals surface area contributed by atoms with E-state index in [0.29, 0.717) is 5.41 Å². The van der Waals surface area contributed by atoms with E-state index >= 15 is 0 Å². The van der Waals surface area contributed by atoms with Crippen LogP contribution in [0.1, 0.15) is 25.0 Å². The second kappa shape index (κ2) is 12.7. The molecule has 2 N–H and O–H groups in total. The number of nitrogens with zero attached hydrogens (tertiary/aromatic N) is 4. The predicted octanol–water partition coefficient (Wildman–Crippen LogP) is 4.24. The average molecular weight is 536 g/mol. The molecule has 0 aromatic carbocycles. The number of aromatic nitrogens is 2. The highest BCUT2D eigenvalue weighted by atomic mass is 19.4. The summed E-state index contributed by atoms with van der Waals surface area (Å²) in [6.07, 6.45) is -2.48. The number of halogens is 6. The Morgan fingerprint density at radius 1 is 0.811 bits per heavy atom. The third kappa shape index (κ3) is 9.86. The molecule has 2 fully saturated rings. The molecule has 0 saturated carbocycles. The monoisotopic (exact) mass is 536 g/mol. The second-order valence-corrected chi connectivity index (χ2v) is 8.56. The molecule has 0 bridgehead atoms.